The first-order chi connectivity index (χ1) is 4.66. The number of carbonyl (C=O) groups is 1. The molecule has 0 radical (unpaired) electrons. The molecule has 0 aromatic carbocycles. The van der Waals surface area contributed by atoms with Crippen molar-refractivity contribution in [3.63, 3.8) is 0 Å². The molecule has 0 aliphatic heterocycles. The Hall–Kier alpha value is -1.45. The Labute approximate surface area is 59.6 Å². The summed E-state index contributed by atoms with van der Waals surface area (Å²) in [6.07, 6.45) is 4.36. The van der Waals surface area contributed by atoms with E-state index in [2.05, 4.69) is 5.32 Å². The van der Waals surface area contributed by atoms with Crippen molar-refractivity contribution < 1.29 is 4.79 Å². The standard InChI is InChI=1S/C6H11N3O/c1-5(10)9-6(8)3-2-4-7/h2-4H,7-8H2,1H3,(H,9,10)/b4-2-,6-3+. The molecule has 0 fully saturated rings. The lowest BCUT2D eigenvalue weighted by atomic mass is 10.5. The maximum Gasteiger partial charge on any atom is 0.222 e. The summed E-state index contributed by atoms with van der Waals surface area (Å²) in [5.41, 5.74) is 10.3. The van der Waals surface area contributed by atoms with E-state index in [9.17, 15) is 4.79 Å². The fourth-order valence-corrected chi connectivity index (χ4v) is 0.404. The van der Waals surface area contributed by atoms with Crippen LogP contribution in [0.5, 0.6) is 0 Å². The predicted molar refractivity (Wildman–Crippen MR) is 39.4 cm³/mol. The molecule has 5 N–H and O–H groups in total. The Morgan fingerprint density at radius 3 is 2.60 bits per heavy atom. The van der Waals surface area contributed by atoms with Gasteiger partial charge < -0.3 is 16.8 Å². The van der Waals surface area contributed by atoms with E-state index in [0.29, 0.717) is 0 Å². The average Bonchev–Trinajstić information content (AvgIpc) is 1.82. The second-order valence-electron chi connectivity index (χ2n) is 1.69. The zero-order chi connectivity index (χ0) is 7.98. The normalized spacial score (nSPS) is 11.9. The van der Waals surface area contributed by atoms with Gasteiger partial charge in [0.1, 0.15) is 5.82 Å². The number of amides is 1. The molecule has 0 aliphatic rings. The molecule has 0 rings (SSSR count). The summed E-state index contributed by atoms with van der Waals surface area (Å²) < 4.78 is 0. The molecular weight excluding hydrogens is 130 g/mol. The fraction of sp³-hybridized carbons (Fsp3) is 0.167. The van der Waals surface area contributed by atoms with Crippen LogP contribution in [-0.4, -0.2) is 5.91 Å². The Kier molecular flexibility index (Phi) is 3.79. The maximum absolute atomic E-state index is 10.3. The van der Waals surface area contributed by atoms with E-state index < -0.39 is 0 Å². The Balaban J connectivity index is 3.82. The van der Waals surface area contributed by atoms with E-state index in [1.807, 2.05) is 0 Å². The van der Waals surface area contributed by atoms with Crippen molar-refractivity contribution >= 4 is 5.91 Å². The zero-order valence-corrected chi connectivity index (χ0v) is 5.79. The molecule has 0 spiro atoms. The highest BCUT2D eigenvalue weighted by atomic mass is 16.1. The summed E-state index contributed by atoms with van der Waals surface area (Å²) in [5.74, 6) is 0.0911. The summed E-state index contributed by atoms with van der Waals surface area (Å²) in [4.78, 5) is 10.3. The summed E-state index contributed by atoms with van der Waals surface area (Å²) >= 11 is 0. The second-order valence-corrected chi connectivity index (χ2v) is 1.69. The average molecular weight is 141 g/mol. The first-order valence-electron chi connectivity index (χ1n) is 2.78. The summed E-state index contributed by atoms with van der Waals surface area (Å²) in [7, 11) is 0. The lowest BCUT2D eigenvalue weighted by Gasteiger charge is -1.97. The van der Waals surface area contributed by atoms with E-state index in [1.165, 1.54) is 25.3 Å². The Bertz CT molecular complexity index is 172. The van der Waals surface area contributed by atoms with Crippen LogP contribution in [0.3, 0.4) is 0 Å². The fourth-order valence-electron chi connectivity index (χ4n) is 0.404. The highest BCUT2D eigenvalue weighted by Crippen LogP contribution is 1.77. The largest absolute Gasteiger partial charge is 0.405 e. The highest BCUT2D eigenvalue weighted by molar-refractivity contribution is 5.74. The van der Waals surface area contributed by atoms with Gasteiger partial charge in [0, 0.05) is 6.92 Å². The lowest BCUT2D eigenvalue weighted by Crippen LogP contribution is -2.24. The summed E-state index contributed by atoms with van der Waals surface area (Å²) in [5, 5.41) is 2.37. The van der Waals surface area contributed by atoms with E-state index >= 15 is 0 Å². The molecule has 56 valence electrons. The first-order valence-corrected chi connectivity index (χ1v) is 2.78. The van der Waals surface area contributed by atoms with Gasteiger partial charge in [-0.2, -0.15) is 0 Å². The van der Waals surface area contributed by atoms with Crippen LogP contribution < -0.4 is 16.8 Å². The van der Waals surface area contributed by atoms with Gasteiger partial charge in [0.05, 0.1) is 0 Å². The van der Waals surface area contributed by atoms with Crippen molar-refractivity contribution in [3.05, 3.63) is 24.2 Å². The molecule has 0 aromatic heterocycles. The number of allylic oxidation sites excluding steroid dienone is 2. The van der Waals surface area contributed by atoms with Crippen LogP contribution in [0.1, 0.15) is 6.92 Å². The number of rotatable bonds is 2. The van der Waals surface area contributed by atoms with Gasteiger partial charge >= 0.3 is 0 Å². The Morgan fingerprint density at radius 2 is 2.20 bits per heavy atom. The van der Waals surface area contributed by atoms with Gasteiger partial charge in [0.15, 0.2) is 0 Å². The predicted octanol–water partition coefficient (Wildman–Crippen LogP) is -0.605. The van der Waals surface area contributed by atoms with E-state index in [0.717, 1.165) is 0 Å². The molecule has 10 heavy (non-hydrogen) atoms. The smallest absolute Gasteiger partial charge is 0.222 e. The first kappa shape index (κ1) is 8.55. The minimum Gasteiger partial charge on any atom is -0.405 e. The second kappa shape index (κ2) is 4.43. The molecule has 0 saturated heterocycles. The molecule has 0 heterocycles. The van der Waals surface area contributed by atoms with Crippen LogP contribution in [0.15, 0.2) is 24.2 Å². The number of nitrogens with two attached hydrogens (primary N) is 2. The summed E-state index contributed by atoms with van der Waals surface area (Å²) in [6, 6.07) is 0. The number of carbonyl (C=O) groups excluding carboxylic acids is 1. The van der Waals surface area contributed by atoms with Gasteiger partial charge in [0.2, 0.25) is 5.91 Å². The van der Waals surface area contributed by atoms with Crippen molar-refractivity contribution in [2.75, 3.05) is 0 Å². The third-order valence-corrected chi connectivity index (χ3v) is 0.707. The molecule has 4 heteroatoms. The monoisotopic (exact) mass is 141 g/mol. The molecule has 0 saturated carbocycles. The number of hydrogen-bond acceptors (Lipinski definition) is 3. The van der Waals surface area contributed by atoms with Gasteiger partial charge in [-0.3, -0.25) is 4.79 Å². The van der Waals surface area contributed by atoms with Crippen LogP contribution in [0, 0.1) is 0 Å². The van der Waals surface area contributed by atoms with Gasteiger partial charge in [-0.15, -0.1) is 0 Å². The van der Waals surface area contributed by atoms with E-state index in [4.69, 9.17) is 11.5 Å². The molecular formula is C6H11N3O. The SMILES string of the molecule is CC(=O)N/C(N)=C/C=C\N. The van der Waals surface area contributed by atoms with E-state index in [1.54, 1.807) is 0 Å². The van der Waals surface area contributed by atoms with Crippen molar-refractivity contribution in [3.8, 4) is 0 Å². The number of hydrogen-bond donors (Lipinski definition) is 3. The molecule has 0 aliphatic carbocycles. The minimum atomic E-state index is -0.195. The van der Waals surface area contributed by atoms with Crippen LogP contribution in [0.2, 0.25) is 0 Å². The van der Waals surface area contributed by atoms with Crippen LogP contribution >= 0.6 is 0 Å². The zero-order valence-electron chi connectivity index (χ0n) is 5.79. The topological polar surface area (TPSA) is 81.1 Å². The minimum absolute atomic E-state index is 0.195. The van der Waals surface area contributed by atoms with Crippen LogP contribution in [0.25, 0.3) is 0 Å². The molecule has 0 unspecified atom stereocenters. The lowest BCUT2D eigenvalue weighted by molar-refractivity contribution is -0.118. The molecule has 4 nitrogen and oxygen atoms in total. The van der Waals surface area contributed by atoms with Crippen molar-refractivity contribution in [1.82, 2.24) is 5.32 Å². The van der Waals surface area contributed by atoms with Gasteiger partial charge in [-0.05, 0) is 18.4 Å². The molecule has 0 bridgehead atoms. The van der Waals surface area contributed by atoms with Gasteiger partial charge in [0.25, 0.3) is 0 Å². The van der Waals surface area contributed by atoms with Crippen molar-refractivity contribution in [1.29, 1.82) is 0 Å². The van der Waals surface area contributed by atoms with Crippen LogP contribution in [-0.2, 0) is 4.79 Å². The summed E-state index contributed by atoms with van der Waals surface area (Å²) in [6.45, 7) is 1.38. The van der Waals surface area contributed by atoms with E-state index in [-0.39, 0.29) is 11.7 Å². The van der Waals surface area contributed by atoms with Crippen molar-refractivity contribution in [2.24, 2.45) is 11.5 Å². The third kappa shape index (κ3) is 4.70. The maximum atomic E-state index is 10.3. The molecule has 0 atom stereocenters. The van der Waals surface area contributed by atoms with Crippen molar-refractivity contribution in [2.45, 2.75) is 6.92 Å². The molecule has 1 amide bonds. The van der Waals surface area contributed by atoms with Gasteiger partial charge in [-0.25, -0.2) is 0 Å². The highest BCUT2D eigenvalue weighted by Gasteiger charge is 1.88. The molecule has 0 aromatic rings. The van der Waals surface area contributed by atoms with Crippen LogP contribution in [0.4, 0.5) is 0 Å². The third-order valence-electron chi connectivity index (χ3n) is 0.707. The quantitative estimate of drug-likeness (QED) is 0.449. The van der Waals surface area contributed by atoms with Gasteiger partial charge in [-0.1, -0.05) is 0 Å². The Morgan fingerprint density at radius 1 is 1.60 bits per heavy atom. The number of nitrogens with one attached hydrogen (secondary N) is 1.